The highest BCUT2D eigenvalue weighted by atomic mass is 16.5. The van der Waals surface area contributed by atoms with Gasteiger partial charge in [-0.25, -0.2) is 9.78 Å². The number of pyridine rings is 1. The number of carboxylic acid groups (broad SMARTS) is 1. The van der Waals surface area contributed by atoms with Crippen LogP contribution >= 0.6 is 0 Å². The standard InChI is InChI=1S/C15H14N2O4/c1-17(11-4-6-12(21-2)7-5-11)14(18)10-3-8-13(15(19)20)16-9-10/h3-9H,1-2H3,(H,19,20). The second-order valence-electron chi connectivity index (χ2n) is 4.30. The zero-order valence-corrected chi connectivity index (χ0v) is 11.6. The minimum atomic E-state index is -1.13. The van der Waals surface area contributed by atoms with E-state index in [2.05, 4.69) is 4.98 Å². The fourth-order valence-electron chi connectivity index (χ4n) is 1.76. The largest absolute Gasteiger partial charge is 0.497 e. The molecule has 1 heterocycles. The van der Waals surface area contributed by atoms with Crippen LogP contribution in [0.4, 0.5) is 5.69 Å². The third-order valence-electron chi connectivity index (χ3n) is 2.99. The predicted molar refractivity (Wildman–Crippen MR) is 76.9 cm³/mol. The van der Waals surface area contributed by atoms with Gasteiger partial charge in [0.2, 0.25) is 0 Å². The molecule has 6 heteroatoms. The van der Waals surface area contributed by atoms with E-state index >= 15 is 0 Å². The van der Waals surface area contributed by atoms with Crippen molar-refractivity contribution in [1.82, 2.24) is 4.98 Å². The van der Waals surface area contributed by atoms with Crippen LogP contribution in [0.5, 0.6) is 5.75 Å². The van der Waals surface area contributed by atoms with Crippen LogP contribution in [0.1, 0.15) is 20.8 Å². The summed E-state index contributed by atoms with van der Waals surface area (Å²) in [4.78, 5) is 28.2. The average Bonchev–Trinajstić information content (AvgIpc) is 2.53. The van der Waals surface area contributed by atoms with Gasteiger partial charge in [0.15, 0.2) is 0 Å². The summed E-state index contributed by atoms with van der Waals surface area (Å²) >= 11 is 0. The molecule has 0 spiro atoms. The Labute approximate surface area is 121 Å². The highest BCUT2D eigenvalue weighted by molar-refractivity contribution is 6.05. The highest BCUT2D eigenvalue weighted by Crippen LogP contribution is 2.19. The van der Waals surface area contributed by atoms with E-state index in [1.807, 2.05) is 0 Å². The number of aromatic nitrogens is 1. The van der Waals surface area contributed by atoms with E-state index in [4.69, 9.17) is 9.84 Å². The molecule has 0 unspecified atom stereocenters. The van der Waals surface area contributed by atoms with E-state index in [-0.39, 0.29) is 11.6 Å². The molecular formula is C15H14N2O4. The molecule has 0 aliphatic rings. The first-order chi connectivity index (χ1) is 10.0. The Kier molecular flexibility index (Phi) is 4.18. The van der Waals surface area contributed by atoms with Gasteiger partial charge in [0.25, 0.3) is 5.91 Å². The monoisotopic (exact) mass is 286 g/mol. The van der Waals surface area contributed by atoms with Crippen molar-refractivity contribution in [3.8, 4) is 5.75 Å². The van der Waals surface area contributed by atoms with E-state index in [1.54, 1.807) is 38.4 Å². The molecule has 0 saturated carbocycles. The van der Waals surface area contributed by atoms with Gasteiger partial charge in [0, 0.05) is 18.9 Å². The van der Waals surface area contributed by atoms with Gasteiger partial charge in [-0.3, -0.25) is 4.79 Å². The Morgan fingerprint density at radius 3 is 2.29 bits per heavy atom. The molecule has 1 aromatic carbocycles. The number of carbonyl (C=O) groups is 2. The van der Waals surface area contributed by atoms with E-state index in [0.29, 0.717) is 17.0 Å². The number of amides is 1. The molecule has 0 saturated heterocycles. The number of hydrogen-bond donors (Lipinski definition) is 1. The van der Waals surface area contributed by atoms with Crippen molar-refractivity contribution >= 4 is 17.6 Å². The van der Waals surface area contributed by atoms with E-state index < -0.39 is 5.97 Å². The molecule has 0 fully saturated rings. The molecule has 6 nitrogen and oxygen atoms in total. The molecule has 0 atom stereocenters. The number of hydrogen-bond acceptors (Lipinski definition) is 4. The maximum absolute atomic E-state index is 12.3. The van der Waals surface area contributed by atoms with Gasteiger partial charge < -0.3 is 14.7 Å². The molecule has 2 aromatic rings. The molecule has 1 N–H and O–H groups in total. The van der Waals surface area contributed by atoms with Gasteiger partial charge in [-0.15, -0.1) is 0 Å². The zero-order valence-electron chi connectivity index (χ0n) is 11.6. The fraction of sp³-hybridized carbons (Fsp3) is 0.133. The van der Waals surface area contributed by atoms with E-state index in [9.17, 15) is 9.59 Å². The number of carbonyl (C=O) groups excluding carboxylic acids is 1. The van der Waals surface area contributed by atoms with Crippen LogP contribution in [0, 0.1) is 0 Å². The third-order valence-corrected chi connectivity index (χ3v) is 2.99. The van der Waals surface area contributed by atoms with Crippen molar-refractivity contribution < 1.29 is 19.4 Å². The Morgan fingerprint density at radius 1 is 1.14 bits per heavy atom. The van der Waals surface area contributed by atoms with Crippen molar-refractivity contribution in [1.29, 1.82) is 0 Å². The maximum atomic E-state index is 12.3. The minimum absolute atomic E-state index is 0.0985. The maximum Gasteiger partial charge on any atom is 0.354 e. The van der Waals surface area contributed by atoms with Crippen molar-refractivity contribution in [2.45, 2.75) is 0 Å². The summed E-state index contributed by atoms with van der Waals surface area (Å²) in [5.41, 5.74) is 0.917. The van der Waals surface area contributed by atoms with Crippen LogP contribution in [0.15, 0.2) is 42.6 Å². The lowest BCUT2D eigenvalue weighted by Gasteiger charge is -2.17. The number of aromatic carboxylic acids is 1. The molecule has 1 aromatic heterocycles. The van der Waals surface area contributed by atoms with Gasteiger partial charge in [0.1, 0.15) is 11.4 Å². The van der Waals surface area contributed by atoms with Crippen molar-refractivity contribution in [3.63, 3.8) is 0 Å². The lowest BCUT2D eigenvalue weighted by molar-refractivity contribution is 0.0690. The summed E-state index contributed by atoms with van der Waals surface area (Å²) in [6.45, 7) is 0. The number of benzene rings is 1. The van der Waals surface area contributed by atoms with Crippen molar-refractivity contribution in [3.05, 3.63) is 53.9 Å². The first kappa shape index (κ1) is 14.5. The second kappa shape index (κ2) is 6.04. The molecule has 2 rings (SSSR count). The number of methoxy groups -OCH3 is 1. The van der Waals surface area contributed by atoms with Crippen LogP contribution in [0.3, 0.4) is 0 Å². The van der Waals surface area contributed by atoms with Crippen LogP contribution < -0.4 is 9.64 Å². The lowest BCUT2D eigenvalue weighted by atomic mass is 10.2. The summed E-state index contributed by atoms with van der Waals surface area (Å²) < 4.78 is 5.06. The Balaban J connectivity index is 2.19. The average molecular weight is 286 g/mol. The topological polar surface area (TPSA) is 79.7 Å². The van der Waals surface area contributed by atoms with Gasteiger partial charge in [-0.05, 0) is 36.4 Å². The minimum Gasteiger partial charge on any atom is -0.497 e. The van der Waals surface area contributed by atoms with Crippen molar-refractivity contribution in [2.75, 3.05) is 19.1 Å². The van der Waals surface area contributed by atoms with Crippen molar-refractivity contribution in [2.24, 2.45) is 0 Å². The van der Waals surface area contributed by atoms with E-state index in [1.165, 1.54) is 23.2 Å². The number of ether oxygens (including phenoxy) is 1. The van der Waals surface area contributed by atoms with Gasteiger partial charge in [0.05, 0.1) is 12.7 Å². The predicted octanol–water partition coefficient (Wildman–Crippen LogP) is 2.06. The summed E-state index contributed by atoms with van der Waals surface area (Å²) in [6.07, 6.45) is 1.26. The SMILES string of the molecule is COc1ccc(N(C)C(=O)c2ccc(C(=O)O)nc2)cc1. The smallest absolute Gasteiger partial charge is 0.354 e. The summed E-state index contributed by atoms with van der Waals surface area (Å²) in [5, 5.41) is 8.78. The summed E-state index contributed by atoms with van der Waals surface area (Å²) in [5.74, 6) is -0.700. The Bertz CT molecular complexity index is 650. The van der Waals surface area contributed by atoms with Crippen LogP contribution in [-0.2, 0) is 0 Å². The molecule has 0 aliphatic carbocycles. The zero-order chi connectivity index (χ0) is 15.4. The molecule has 21 heavy (non-hydrogen) atoms. The second-order valence-corrected chi connectivity index (χ2v) is 4.30. The van der Waals surface area contributed by atoms with Crippen LogP contribution in [0.25, 0.3) is 0 Å². The summed E-state index contributed by atoms with van der Waals surface area (Å²) in [6, 6.07) is 9.78. The lowest BCUT2D eigenvalue weighted by Crippen LogP contribution is -2.26. The number of anilines is 1. The normalized spacial score (nSPS) is 10.0. The highest BCUT2D eigenvalue weighted by Gasteiger charge is 2.15. The van der Waals surface area contributed by atoms with Crippen LogP contribution in [0.2, 0.25) is 0 Å². The molecule has 0 bridgehead atoms. The molecule has 0 radical (unpaired) electrons. The molecule has 0 aliphatic heterocycles. The number of carboxylic acids is 1. The first-order valence-electron chi connectivity index (χ1n) is 6.14. The van der Waals surface area contributed by atoms with Crippen LogP contribution in [-0.4, -0.2) is 36.1 Å². The fourth-order valence-corrected chi connectivity index (χ4v) is 1.76. The third kappa shape index (κ3) is 3.17. The molecule has 1 amide bonds. The van der Waals surface area contributed by atoms with Gasteiger partial charge in [-0.2, -0.15) is 0 Å². The Morgan fingerprint density at radius 2 is 1.81 bits per heavy atom. The van der Waals surface area contributed by atoms with Gasteiger partial charge in [-0.1, -0.05) is 0 Å². The molecule has 108 valence electrons. The Hall–Kier alpha value is -2.89. The number of rotatable bonds is 4. The van der Waals surface area contributed by atoms with E-state index in [0.717, 1.165) is 0 Å². The quantitative estimate of drug-likeness (QED) is 0.930. The number of nitrogens with zero attached hydrogens (tertiary/aromatic N) is 2. The van der Waals surface area contributed by atoms with Gasteiger partial charge >= 0.3 is 5.97 Å². The first-order valence-corrected chi connectivity index (χ1v) is 6.14. The molecular weight excluding hydrogens is 272 g/mol. The summed E-state index contributed by atoms with van der Waals surface area (Å²) in [7, 11) is 3.20.